The first-order valence-electron chi connectivity index (χ1n) is 3.97. The van der Waals surface area contributed by atoms with Gasteiger partial charge in [-0.1, -0.05) is 6.07 Å². The molecular formula is C9H7FN2O2. The molecule has 0 saturated carbocycles. The van der Waals surface area contributed by atoms with Gasteiger partial charge in [-0.25, -0.2) is 9.78 Å². The summed E-state index contributed by atoms with van der Waals surface area (Å²) in [4.78, 5) is 14.3. The van der Waals surface area contributed by atoms with Gasteiger partial charge in [0, 0.05) is 0 Å². The number of carbonyl (C=O) groups is 1. The van der Waals surface area contributed by atoms with Gasteiger partial charge in [0.2, 0.25) is 5.82 Å². The predicted octanol–water partition coefficient (Wildman–Crippen LogP) is 1.48. The van der Waals surface area contributed by atoms with Crippen LogP contribution in [0.25, 0.3) is 5.52 Å². The molecule has 5 heteroatoms. The highest BCUT2D eigenvalue weighted by atomic mass is 19.1. The molecule has 0 aliphatic rings. The number of carboxylic acid groups (broad SMARTS) is 1. The number of aromatic nitrogens is 2. The molecule has 0 fully saturated rings. The second kappa shape index (κ2) is 2.80. The molecule has 14 heavy (non-hydrogen) atoms. The monoisotopic (exact) mass is 194 g/mol. The maximum Gasteiger partial charge on any atom is 0.372 e. The lowest BCUT2D eigenvalue weighted by Crippen LogP contribution is -2.06. The minimum Gasteiger partial charge on any atom is -0.475 e. The SMILES string of the molecule is Cc1ccc(F)n2c(C(=O)O)ncc12. The zero-order valence-electron chi connectivity index (χ0n) is 7.36. The number of pyridine rings is 1. The van der Waals surface area contributed by atoms with Gasteiger partial charge in [-0.2, -0.15) is 4.39 Å². The number of fused-ring (bicyclic) bond motifs is 1. The van der Waals surface area contributed by atoms with E-state index in [1.54, 1.807) is 13.0 Å². The van der Waals surface area contributed by atoms with Crippen LogP contribution >= 0.6 is 0 Å². The smallest absolute Gasteiger partial charge is 0.372 e. The van der Waals surface area contributed by atoms with Gasteiger partial charge >= 0.3 is 5.97 Å². The lowest BCUT2D eigenvalue weighted by Gasteiger charge is -2.00. The molecule has 0 amide bonds. The molecule has 2 aromatic heterocycles. The van der Waals surface area contributed by atoms with Crippen molar-refractivity contribution < 1.29 is 14.3 Å². The van der Waals surface area contributed by atoms with E-state index in [0.29, 0.717) is 5.52 Å². The van der Waals surface area contributed by atoms with Gasteiger partial charge in [0.15, 0.2) is 5.95 Å². The van der Waals surface area contributed by atoms with Gasteiger partial charge < -0.3 is 5.11 Å². The van der Waals surface area contributed by atoms with Crippen molar-refractivity contribution in [3.63, 3.8) is 0 Å². The zero-order valence-corrected chi connectivity index (χ0v) is 7.36. The normalized spacial score (nSPS) is 10.7. The molecular weight excluding hydrogens is 187 g/mol. The minimum atomic E-state index is -1.24. The Bertz CT molecular complexity index is 519. The molecule has 0 aromatic carbocycles. The highest BCUT2D eigenvalue weighted by molar-refractivity contribution is 5.85. The Balaban J connectivity index is 2.90. The van der Waals surface area contributed by atoms with Crippen LogP contribution in [0.15, 0.2) is 18.3 Å². The Morgan fingerprint density at radius 2 is 2.29 bits per heavy atom. The van der Waals surface area contributed by atoms with Gasteiger partial charge in [0.25, 0.3) is 0 Å². The van der Waals surface area contributed by atoms with Gasteiger partial charge in [-0.05, 0) is 18.6 Å². The molecule has 72 valence electrons. The molecule has 4 nitrogen and oxygen atoms in total. The Morgan fingerprint density at radius 3 is 2.93 bits per heavy atom. The van der Waals surface area contributed by atoms with Crippen molar-refractivity contribution in [3.8, 4) is 0 Å². The van der Waals surface area contributed by atoms with Crippen LogP contribution in [-0.2, 0) is 0 Å². The number of aromatic carboxylic acids is 1. The maximum atomic E-state index is 13.3. The van der Waals surface area contributed by atoms with Crippen LogP contribution in [0.3, 0.4) is 0 Å². The van der Waals surface area contributed by atoms with Crippen LogP contribution < -0.4 is 0 Å². The van der Waals surface area contributed by atoms with E-state index >= 15 is 0 Å². The third-order valence-electron chi connectivity index (χ3n) is 2.04. The number of imidazole rings is 1. The number of halogens is 1. The standard InChI is InChI=1S/C9H7FN2O2/c1-5-2-3-7(10)12-6(5)4-11-8(12)9(13)14/h2-4H,1H3,(H,13,14). The highest BCUT2D eigenvalue weighted by Gasteiger charge is 2.14. The van der Waals surface area contributed by atoms with E-state index in [9.17, 15) is 9.18 Å². The van der Waals surface area contributed by atoms with Crippen molar-refractivity contribution in [1.82, 2.24) is 9.38 Å². The van der Waals surface area contributed by atoms with Crippen LogP contribution in [0.2, 0.25) is 0 Å². The lowest BCUT2D eigenvalue weighted by atomic mass is 10.2. The summed E-state index contributed by atoms with van der Waals surface area (Å²) in [5.41, 5.74) is 1.26. The fourth-order valence-electron chi connectivity index (χ4n) is 1.35. The topological polar surface area (TPSA) is 54.6 Å². The van der Waals surface area contributed by atoms with E-state index in [1.807, 2.05) is 0 Å². The second-order valence-corrected chi connectivity index (χ2v) is 2.95. The highest BCUT2D eigenvalue weighted by Crippen LogP contribution is 2.14. The molecule has 1 N–H and O–H groups in total. The largest absolute Gasteiger partial charge is 0.475 e. The van der Waals surface area contributed by atoms with E-state index in [4.69, 9.17) is 5.11 Å². The summed E-state index contributed by atoms with van der Waals surface area (Å²) in [5.74, 6) is -2.17. The first-order valence-corrected chi connectivity index (χ1v) is 3.97. The Morgan fingerprint density at radius 1 is 1.57 bits per heavy atom. The van der Waals surface area contributed by atoms with E-state index < -0.39 is 11.9 Å². The van der Waals surface area contributed by atoms with Crippen molar-refractivity contribution >= 4 is 11.5 Å². The summed E-state index contributed by atoms with van der Waals surface area (Å²) in [6.45, 7) is 1.77. The van der Waals surface area contributed by atoms with Crippen molar-refractivity contribution in [1.29, 1.82) is 0 Å². The molecule has 0 aliphatic carbocycles. The third kappa shape index (κ3) is 1.06. The molecule has 0 radical (unpaired) electrons. The molecule has 2 aromatic rings. The zero-order chi connectivity index (χ0) is 10.3. The van der Waals surface area contributed by atoms with Crippen LogP contribution in [0.4, 0.5) is 4.39 Å². The first-order chi connectivity index (χ1) is 6.61. The third-order valence-corrected chi connectivity index (χ3v) is 2.04. The quantitative estimate of drug-likeness (QED) is 0.699. The van der Waals surface area contributed by atoms with Gasteiger partial charge in [-0.3, -0.25) is 4.40 Å². The van der Waals surface area contributed by atoms with Crippen LogP contribution in [0.1, 0.15) is 16.2 Å². The molecule has 0 unspecified atom stereocenters. The van der Waals surface area contributed by atoms with Crippen molar-refractivity contribution in [2.24, 2.45) is 0 Å². The molecule has 0 atom stereocenters. The Kier molecular flexibility index (Phi) is 1.73. The summed E-state index contributed by atoms with van der Waals surface area (Å²) in [6, 6.07) is 2.80. The number of hydrogen-bond donors (Lipinski definition) is 1. The second-order valence-electron chi connectivity index (χ2n) is 2.95. The number of nitrogens with zero attached hydrogens (tertiary/aromatic N) is 2. The number of aryl methyl sites for hydroxylation is 1. The van der Waals surface area contributed by atoms with E-state index in [0.717, 1.165) is 9.96 Å². The van der Waals surface area contributed by atoms with Crippen molar-refractivity contribution in [2.75, 3.05) is 0 Å². The fraction of sp³-hybridized carbons (Fsp3) is 0.111. The lowest BCUT2D eigenvalue weighted by molar-refractivity contribution is 0.0681. The summed E-state index contributed by atoms with van der Waals surface area (Å²) in [6.07, 6.45) is 1.35. The van der Waals surface area contributed by atoms with E-state index in [2.05, 4.69) is 4.98 Å². The average Bonchev–Trinajstić information content (AvgIpc) is 2.56. The predicted molar refractivity (Wildman–Crippen MR) is 46.8 cm³/mol. The minimum absolute atomic E-state index is 0.304. The van der Waals surface area contributed by atoms with Gasteiger partial charge in [0.1, 0.15) is 0 Å². The average molecular weight is 194 g/mol. The Hall–Kier alpha value is -1.91. The summed E-state index contributed by atoms with van der Waals surface area (Å²) in [5, 5.41) is 8.74. The van der Waals surface area contributed by atoms with Gasteiger partial charge in [0.05, 0.1) is 11.7 Å². The molecule has 0 spiro atoms. The summed E-state index contributed by atoms with van der Waals surface area (Å²) >= 11 is 0. The maximum absolute atomic E-state index is 13.3. The van der Waals surface area contributed by atoms with Crippen molar-refractivity contribution in [3.05, 3.63) is 35.7 Å². The summed E-state index contributed by atoms with van der Waals surface area (Å²) < 4.78 is 14.3. The number of hydrogen-bond acceptors (Lipinski definition) is 2. The van der Waals surface area contributed by atoms with Gasteiger partial charge in [-0.15, -0.1) is 0 Å². The summed E-state index contributed by atoms with van der Waals surface area (Å²) in [7, 11) is 0. The van der Waals surface area contributed by atoms with Crippen molar-refractivity contribution in [2.45, 2.75) is 6.92 Å². The number of carboxylic acids is 1. The van der Waals surface area contributed by atoms with Crippen LogP contribution in [0.5, 0.6) is 0 Å². The molecule has 0 aliphatic heterocycles. The van der Waals surface area contributed by atoms with Crippen LogP contribution in [-0.4, -0.2) is 20.5 Å². The first kappa shape index (κ1) is 8.68. The van der Waals surface area contributed by atoms with E-state index in [1.165, 1.54) is 12.3 Å². The molecule has 2 rings (SSSR count). The molecule has 0 saturated heterocycles. The molecule has 2 heterocycles. The molecule has 0 bridgehead atoms. The fourth-order valence-corrected chi connectivity index (χ4v) is 1.35. The number of rotatable bonds is 1. The van der Waals surface area contributed by atoms with Crippen LogP contribution in [0, 0.1) is 12.9 Å². The van der Waals surface area contributed by atoms with E-state index in [-0.39, 0.29) is 5.82 Å². The Labute approximate surface area is 78.6 Å².